The number of H-pyrrole nitrogens is 1. The van der Waals surface area contributed by atoms with Crippen molar-refractivity contribution in [3.05, 3.63) is 22.5 Å². The summed E-state index contributed by atoms with van der Waals surface area (Å²) in [5.41, 5.74) is -2.22. The van der Waals surface area contributed by atoms with E-state index in [0.29, 0.717) is 0 Å². The lowest BCUT2D eigenvalue weighted by atomic mass is 10.1. The van der Waals surface area contributed by atoms with Crippen molar-refractivity contribution in [3.8, 4) is 0 Å². The molecule has 1 fully saturated rings. The van der Waals surface area contributed by atoms with E-state index >= 15 is 0 Å². The van der Waals surface area contributed by atoms with Gasteiger partial charge in [-0.2, -0.15) is 13.2 Å². The Morgan fingerprint density at radius 3 is 2.59 bits per heavy atom. The number of aliphatic hydroxyl groups excluding tert-OH is 2. The van der Waals surface area contributed by atoms with Gasteiger partial charge in [-0.25, -0.2) is 14.5 Å². The highest BCUT2D eigenvalue weighted by molar-refractivity contribution is 7.46. The molecular weight excluding hydrogens is 404 g/mol. The molecule has 5 N–H and O–H groups in total. The summed E-state index contributed by atoms with van der Waals surface area (Å²) >= 11 is 0. The van der Waals surface area contributed by atoms with Gasteiger partial charge in [-0.05, 0) is 0 Å². The Kier molecular flexibility index (Phi) is 4.88. The number of phosphoric ester groups is 1. The zero-order valence-electron chi connectivity index (χ0n) is 12.9. The Morgan fingerprint density at radius 1 is 1.33 bits per heavy atom. The van der Waals surface area contributed by atoms with Crippen LogP contribution in [0.2, 0.25) is 0 Å². The Balaban J connectivity index is 1.96. The summed E-state index contributed by atoms with van der Waals surface area (Å²) in [5.74, 6) is -1.60. The van der Waals surface area contributed by atoms with Crippen LogP contribution in [-0.4, -0.2) is 64.4 Å². The number of hydrogen-bond acceptors (Lipinski definition) is 8. The molecule has 1 saturated heterocycles. The van der Waals surface area contributed by atoms with Gasteiger partial charge in [0.25, 0.3) is 5.56 Å². The quantitative estimate of drug-likeness (QED) is 0.383. The van der Waals surface area contributed by atoms with Crippen LogP contribution in [0.25, 0.3) is 11.2 Å². The Hall–Kier alpha value is -1.87. The number of nitrogens with zero attached hydrogens (tertiary/aromatic N) is 3. The molecule has 0 amide bonds. The van der Waals surface area contributed by atoms with E-state index in [0.717, 1.165) is 10.9 Å². The number of aliphatic hydroxyl groups is 2. The van der Waals surface area contributed by atoms with E-state index in [1.165, 1.54) is 4.98 Å². The average molecular weight is 416 g/mol. The monoisotopic (exact) mass is 416 g/mol. The van der Waals surface area contributed by atoms with Crippen molar-refractivity contribution in [2.45, 2.75) is 30.7 Å². The summed E-state index contributed by atoms with van der Waals surface area (Å²) in [5, 5.41) is 20.0. The summed E-state index contributed by atoms with van der Waals surface area (Å²) in [6, 6.07) is 0. The summed E-state index contributed by atoms with van der Waals surface area (Å²) in [6.07, 6.45) is -10.5. The maximum Gasteiger partial charge on any atom is 0.469 e. The summed E-state index contributed by atoms with van der Waals surface area (Å²) in [4.78, 5) is 37.5. The Morgan fingerprint density at radius 2 is 2.00 bits per heavy atom. The molecule has 1 aliphatic heterocycles. The molecule has 150 valence electrons. The van der Waals surface area contributed by atoms with E-state index in [1.807, 2.05) is 0 Å². The molecule has 0 radical (unpaired) electrons. The smallest absolute Gasteiger partial charge is 0.387 e. The lowest BCUT2D eigenvalue weighted by Crippen LogP contribution is -2.33. The van der Waals surface area contributed by atoms with Gasteiger partial charge in [-0.3, -0.25) is 13.9 Å². The van der Waals surface area contributed by atoms with Crippen LogP contribution in [0.3, 0.4) is 0 Å². The van der Waals surface area contributed by atoms with Crippen LogP contribution in [0.5, 0.6) is 0 Å². The zero-order valence-corrected chi connectivity index (χ0v) is 13.8. The minimum atomic E-state index is -4.96. The second kappa shape index (κ2) is 6.63. The first-order chi connectivity index (χ1) is 12.4. The van der Waals surface area contributed by atoms with E-state index in [2.05, 4.69) is 14.5 Å². The van der Waals surface area contributed by atoms with Crippen molar-refractivity contribution in [2.75, 3.05) is 6.61 Å². The zero-order chi connectivity index (χ0) is 20.1. The lowest BCUT2D eigenvalue weighted by Gasteiger charge is -2.17. The van der Waals surface area contributed by atoms with Crippen LogP contribution in [0.4, 0.5) is 13.2 Å². The van der Waals surface area contributed by atoms with E-state index in [-0.39, 0.29) is 0 Å². The molecule has 3 rings (SSSR count). The molecule has 4 atom stereocenters. The van der Waals surface area contributed by atoms with Gasteiger partial charge in [0.15, 0.2) is 17.4 Å². The maximum atomic E-state index is 12.9. The number of rotatable bonds is 4. The highest BCUT2D eigenvalue weighted by Crippen LogP contribution is 2.38. The van der Waals surface area contributed by atoms with Gasteiger partial charge in [-0.15, -0.1) is 0 Å². The molecule has 0 saturated carbocycles. The van der Waals surface area contributed by atoms with Crippen molar-refractivity contribution in [3.63, 3.8) is 0 Å². The first kappa shape index (κ1) is 19.9. The number of imidazole rings is 1. The third-order valence-electron chi connectivity index (χ3n) is 3.72. The van der Waals surface area contributed by atoms with Crippen molar-refractivity contribution in [1.82, 2.24) is 19.5 Å². The molecule has 3 heterocycles. The summed E-state index contributed by atoms with van der Waals surface area (Å²) < 4.78 is 59.5. The van der Waals surface area contributed by atoms with Gasteiger partial charge in [0.1, 0.15) is 18.3 Å². The average Bonchev–Trinajstić information content (AvgIpc) is 3.07. The molecule has 0 spiro atoms. The van der Waals surface area contributed by atoms with Crippen LogP contribution in [-0.2, 0) is 20.0 Å². The molecule has 27 heavy (non-hydrogen) atoms. The third kappa shape index (κ3) is 3.89. The van der Waals surface area contributed by atoms with Crippen LogP contribution < -0.4 is 5.56 Å². The van der Waals surface area contributed by atoms with E-state index in [1.54, 1.807) is 0 Å². The summed E-state index contributed by atoms with van der Waals surface area (Å²) in [7, 11) is -4.89. The van der Waals surface area contributed by atoms with E-state index in [9.17, 15) is 32.7 Å². The second-order valence-electron chi connectivity index (χ2n) is 5.57. The van der Waals surface area contributed by atoms with Crippen molar-refractivity contribution in [1.29, 1.82) is 0 Å². The van der Waals surface area contributed by atoms with Gasteiger partial charge in [0, 0.05) is 0 Å². The molecule has 4 unspecified atom stereocenters. The molecule has 2 aromatic heterocycles. The lowest BCUT2D eigenvalue weighted by molar-refractivity contribution is -0.145. The minimum absolute atomic E-state index is 0.469. The van der Waals surface area contributed by atoms with Gasteiger partial charge in [0.2, 0.25) is 5.82 Å². The van der Waals surface area contributed by atoms with Crippen LogP contribution in [0, 0.1) is 0 Å². The van der Waals surface area contributed by atoms with E-state index in [4.69, 9.17) is 14.5 Å². The molecule has 12 nitrogen and oxygen atoms in total. The number of phosphoric acid groups is 1. The highest BCUT2D eigenvalue weighted by atomic mass is 31.2. The van der Waals surface area contributed by atoms with Crippen molar-refractivity contribution in [2.24, 2.45) is 0 Å². The molecular formula is C11H12F3N4O8P. The number of nitrogens with one attached hydrogen (secondary N) is 1. The molecule has 1 aliphatic rings. The maximum absolute atomic E-state index is 12.9. The largest absolute Gasteiger partial charge is 0.469 e. The standard InChI is InChI=1S/C11H12F3N4O8P/c12-11(13,14)10-16-7-4(8(21)17-10)15-2-18(7)9-6(20)5(19)3(26-9)1-25-27(22,23)24/h2-3,5-6,9,19-20H,1H2,(H,16,17,21)(H2,22,23,24). The number of halogens is 3. The number of ether oxygens (including phenoxy) is 1. The normalized spacial score (nSPS) is 26.8. The predicted octanol–water partition coefficient (Wildman–Crippen LogP) is -1.13. The van der Waals surface area contributed by atoms with Gasteiger partial charge in [0.05, 0.1) is 12.9 Å². The third-order valence-corrected chi connectivity index (χ3v) is 4.20. The van der Waals surface area contributed by atoms with Crippen molar-refractivity contribution >= 4 is 19.0 Å². The number of fused-ring (bicyclic) bond motifs is 1. The SMILES string of the molecule is O=c1[nH]c(C(F)(F)F)nc2c1ncn2C1OC(COP(=O)(O)O)C(O)C1O. The number of alkyl halides is 3. The number of aromatic amines is 1. The Bertz CT molecular complexity index is 955. The molecule has 0 bridgehead atoms. The van der Waals surface area contributed by atoms with Crippen LogP contribution >= 0.6 is 7.82 Å². The Labute approximate surface area is 146 Å². The molecule has 0 aromatic carbocycles. The summed E-state index contributed by atoms with van der Waals surface area (Å²) in [6.45, 7) is -0.812. The first-order valence-electron chi connectivity index (χ1n) is 7.14. The van der Waals surface area contributed by atoms with Crippen LogP contribution in [0.1, 0.15) is 12.1 Å². The predicted molar refractivity (Wildman–Crippen MR) is 77.1 cm³/mol. The van der Waals surface area contributed by atoms with Crippen LogP contribution in [0.15, 0.2) is 11.1 Å². The topological polar surface area (TPSA) is 180 Å². The van der Waals surface area contributed by atoms with Gasteiger partial charge < -0.3 is 29.7 Å². The fourth-order valence-electron chi connectivity index (χ4n) is 2.51. The fraction of sp³-hybridized carbons (Fsp3) is 0.545. The van der Waals surface area contributed by atoms with Crippen molar-refractivity contribution < 1.29 is 47.0 Å². The number of hydrogen-bond donors (Lipinski definition) is 5. The van der Waals surface area contributed by atoms with Gasteiger partial charge >= 0.3 is 14.0 Å². The van der Waals surface area contributed by atoms with Gasteiger partial charge in [-0.1, -0.05) is 0 Å². The first-order valence-corrected chi connectivity index (χ1v) is 8.67. The fourth-order valence-corrected chi connectivity index (χ4v) is 2.85. The second-order valence-corrected chi connectivity index (χ2v) is 6.81. The molecule has 0 aliphatic carbocycles. The minimum Gasteiger partial charge on any atom is -0.387 e. The molecule has 2 aromatic rings. The number of aromatic nitrogens is 4. The molecule has 16 heteroatoms. The highest BCUT2D eigenvalue weighted by Gasteiger charge is 2.45. The van der Waals surface area contributed by atoms with E-state index < -0.39 is 67.7 Å².